The maximum atomic E-state index is 10.9. The molecule has 0 spiro atoms. The molecule has 2 unspecified atom stereocenters. The number of aliphatic hydroxyl groups is 1. The third-order valence-electron chi connectivity index (χ3n) is 9.89. The zero-order chi connectivity index (χ0) is 37.2. The zero-order valence-electron chi connectivity index (χ0n) is 32.3. The second kappa shape index (κ2) is 23.4. The molecule has 12 heteroatoms. The molecule has 2 rings (SSSR count). The van der Waals surface area contributed by atoms with Gasteiger partial charge in [0.25, 0.3) is 7.82 Å². The molecule has 292 valence electrons. The van der Waals surface area contributed by atoms with Crippen molar-refractivity contribution < 1.29 is 52.7 Å². The van der Waals surface area contributed by atoms with Gasteiger partial charge in [-0.25, -0.2) is 5.26 Å². The van der Waals surface area contributed by atoms with E-state index < -0.39 is 20.5 Å². The summed E-state index contributed by atoms with van der Waals surface area (Å²) in [7, 11) is -4.80. The van der Waals surface area contributed by atoms with Crippen molar-refractivity contribution in [1.29, 1.82) is 0 Å². The number of hydrogen-bond donors (Lipinski definition) is 2. The SMILES string of the molecule is Cc1c(C)c2c(c(C)c1OCCOCCOCCOCC(O)COP(=O)([O-])OO)CC[C@](C)(CCC[C@@H](C)CCC[C@@H](C)CCCC(C)C)O2. The van der Waals surface area contributed by atoms with Crippen LogP contribution in [0.25, 0.3) is 0 Å². The monoisotopic (exact) mass is 731 g/mol. The second-order valence-electron chi connectivity index (χ2n) is 15.0. The lowest BCUT2D eigenvalue weighted by Gasteiger charge is -2.38. The summed E-state index contributed by atoms with van der Waals surface area (Å²) in [5.41, 5.74) is 4.55. The first-order chi connectivity index (χ1) is 23.7. The van der Waals surface area contributed by atoms with E-state index >= 15 is 0 Å². The van der Waals surface area contributed by atoms with Gasteiger partial charge in [0.2, 0.25) is 0 Å². The highest BCUT2D eigenvalue weighted by Gasteiger charge is 2.34. The van der Waals surface area contributed by atoms with E-state index in [1.165, 1.54) is 56.9 Å². The van der Waals surface area contributed by atoms with Crippen molar-refractivity contribution in [2.45, 2.75) is 138 Å². The van der Waals surface area contributed by atoms with Crippen LogP contribution in [0.5, 0.6) is 11.5 Å². The van der Waals surface area contributed by atoms with Gasteiger partial charge < -0.3 is 38.2 Å². The van der Waals surface area contributed by atoms with Gasteiger partial charge in [-0.3, -0.25) is 4.57 Å². The van der Waals surface area contributed by atoms with Gasteiger partial charge in [-0.15, -0.1) is 0 Å². The lowest BCUT2D eigenvalue weighted by molar-refractivity contribution is -0.284. The van der Waals surface area contributed by atoms with Crippen LogP contribution in [-0.4, -0.2) is 74.9 Å². The fraction of sp³-hybridized carbons (Fsp3) is 0.842. The van der Waals surface area contributed by atoms with E-state index in [4.69, 9.17) is 28.9 Å². The molecule has 0 radical (unpaired) electrons. The third kappa shape index (κ3) is 17.0. The van der Waals surface area contributed by atoms with Crippen LogP contribution in [0.2, 0.25) is 0 Å². The van der Waals surface area contributed by atoms with Crippen LogP contribution >= 0.6 is 7.82 Å². The Morgan fingerprint density at radius 3 is 1.96 bits per heavy atom. The molecule has 1 aromatic carbocycles. The minimum Gasteiger partial charge on any atom is -0.754 e. The van der Waals surface area contributed by atoms with Crippen molar-refractivity contribution in [3.8, 4) is 11.5 Å². The number of ether oxygens (including phenoxy) is 5. The van der Waals surface area contributed by atoms with Gasteiger partial charge in [0, 0.05) is 5.56 Å². The lowest BCUT2D eigenvalue weighted by atomic mass is 9.83. The predicted molar refractivity (Wildman–Crippen MR) is 194 cm³/mol. The lowest BCUT2D eigenvalue weighted by Crippen LogP contribution is -2.37. The Morgan fingerprint density at radius 2 is 1.36 bits per heavy atom. The van der Waals surface area contributed by atoms with Crippen molar-refractivity contribution in [3.05, 3.63) is 22.3 Å². The van der Waals surface area contributed by atoms with E-state index in [9.17, 15) is 14.6 Å². The van der Waals surface area contributed by atoms with Crippen LogP contribution in [0.3, 0.4) is 0 Å². The maximum Gasteiger partial charge on any atom is 0.297 e. The maximum absolute atomic E-state index is 10.9. The molecule has 1 aromatic rings. The van der Waals surface area contributed by atoms with Crippen molar-refractivity contribution in [2.75, 3.05) is 52.9 Å². The van der Waals surface area contributed by atoms with Crippen LogP contribution in [0.15, 0.2) is 0 Å². The molecule has 0 bridgehead atoms. The number of phosphoric ester groups is 1. The van der Waals surface area contributed by atoms with Gasteiger partial charge in [-0.1, -0.05) is 72.6 Å². The first kappa shape index (κ1) is 44.9. The summed E-state index contributed by atoms with van der Waals surface area (Å²) in [5.74, 6) is 4.40. The first-order valence-corrected chi connectivity index (χ1v) is 20.3. The Kier molecular flexibility index (Phi) is 21.0. The van der Waals surface area contributed by atoms with Gasteiger partial charge in [-0.2, -0.15) is 4.67 Å². The molecule has 1 aliphatic heterocycles. The van der Waals surface area contributed by atoms with E-state index in [1.54, 1.807) is 0 Å². The van der Waals surface area contributed by atoms with Crippen LogP contribution in [0.4, 0.5) is 0 Å². The minimum atomic E-state index is -4.80. The van der Waals surface area contributed by atoms with Gasteiger partial charge in [0.1, 0.15) is 29.8 Å². The molecule has 5 atom stereocenters. The summed E-state index contributed by atoms with van der Waals surface area (Å²) in [6.07, 6.45) is 12.5. The summed E-state index contributed by atoms with van der Waals surface area (Å²) in [5, 5.41) is 17.7. The first-order valence-electron chi connectivity index (χ1n) is 18.8. The van der Waals surface area contributed by atoms with Crippen molar-refractivity contribution in [1.82, 2.24) is 0 Å². The van der Waals surface area contributed by atoms with E-state index in [1.807, 2.05) is 0 Å². The van der Waals surface area contributed by atoms with E-state index in [-0.39, 0.29) is 25.4 Å². The molecule has 0 saturated heterocycles. The molecule has 1 heterocycles. The normalized spacial score (nSPS) is 19.1. The smallest absolute Gasteiger partial charge is 0.297 e. The molecule has 0 aliphatic carbocycles. The standard InChI is InChI=1S/C38H69O11P/c1-28(2)12-9-13-29(3)14-10-15-30(4)16-11-18-38(8)19-17-35-33(7)36(31(5)32(6)37(35)48-38)46-25-24-44-21-20-43-22-23-45-26-34(39)27-47-50(41,42)49-40/h28-30,34,39-40H,9-27H2,1-8H3,(H,41,42)/p-1/t29-,30-,34?,38-/m0/s1. The van der Waals surface area contributed by atoms with Gasteiger partial charge >= 0.3 is 0 Å². The van der Waals surface area contributed by atoms with Crippen molar-refractivity contribution in [3.63, 3.8) is 0 Å². The largest absolute Gasteiger partial charge is 0.754 e. The summed E-state index contributed by atoms with van der Waals surface area (Å²) in [4.78, 5) is 10.9. The Balaban J connectivity index is 1.65. The van der Waals surface area contributed by atoms with Crippen LogP contribution in [0.1, 0.15) is 121 Å². The Hall–Kier alpha value is -1.27. The fourth-order valence-electron chi connectivity index (χ4n) is 6.59. The van der Waals surface area contributed by atoms with Crippen molar-refractivity contribution in [2.24, 2.45) is 17.8 Å². The summed E-state index contributed by atoms with van der Waals surface area (Å²) in [6, 6.07) is 0. The third-order valence-corrected chi connectivity index (χ3v) is 10.6. The molecular weight excluding hydrogens is 663 g/mol. The Morgan fingerprint density at radius 1 is 0.800 bits per heavy atom. The topological polar surface area (TPSA) is 145 Å². The average molecular weight is 732 g/mol. The second-order valence-corrected chi connectivity index (χ2v) is 16.4. The quantitative estimate of drug-likeness (QED) is 0.0376. The number of fused-ring (bicyclic) bond motifs is 1. The molecule has 11 nitrogen and oxygen atoms in total. The number of aliphatic hydroxyl groups excluding tert-OH is 1. The Bertz CT molecular complexity index is 1150. The molecule has 0 saturated carbocycles. The highest BCUT2D eigenvalue weighted by Crippen LogP contribution is 2.45. The molecule has 0 amide bonds. The summed E-state index contributed by atoms with van der Waals surface area (Å²) in [6.45, 7) is 19.5. The highest BCUT2D eigenvalue weighted by atomic mass is 31.2. The number of rotatable bonds is 28. The molecule has 1 aliphatic rings. The average Bonchev–Trinajstić information content (AvgIpc) is 3.06. The van der Waals surface area contributed by atoms with Gasteiger partial charge in [0.05, 0.1) is 46.2 Å². The van der Waals surface area contributed by atoms with Gasteiger partial charge in [0.15, 0.2) is 0 Å². The van der Waals surface area contributed by atoms with E-state index in [2.05, 4.69) is 64.6 Å². The van der Waals surface area contributed by atoms with Crippen LogP contribution in [0, 0.1) is 38.5 Å². The summed E-state index contributed by atoms with van der Waals surface area (Å²) >= 11 is 0. The molecule has 0 aromatic heterocycles. The number of hydrogen-bond acceptors (Lipinski definition) is 11. The number of phosphoric acid groups is 1. The minimum absolute atomic E-state index is 0.135. The van der Waals surface area contributed by atoms with E-state index in [0.29, 0.717) is 26.4 Å². The Labute approximate surface area is 302 Å². The van der Waals surface area contributed by atoms with Crippen LogP contribution in [-0.2, 0) is 34.4 Å². The zero-order valence-corrected chi connectivity index (χ0v) is 33.2. The van der Waals surface area contributed by atoms with Crippen LogP contribution < -0.4 is 14.4 Å². The highest BCUT2D eigenvalue weighted by molar-refractivity contribution is 7.45. The molecular formula is C38H68O11P-. The molecule has 2 N–H and O–H groups in total. The van der Waals surface area contributed by atoms with Gasteiger partial charge in [-0.05, 0) is 87.8 Å². The molecule has 0 fully saturated rings. The predicted octanol–water partition coefficient (Wildman–Crippen LogP) is 7.90. The van der Waals surface area contributed by atoms with Crippen molar-refractivity contribution >= 4 is 7.82 Å². The fourth-order valence-corrected chi connectivity index (χ4v) is 6.99. The summed E-state index contributed by atoms with van der Waals surface area (Å²) < 4.78 is 47.6. The molecule has 50 heavy (non-hydrogen) atoms. The number of benzene rings is 1. The van der Waals surface area contributed by atoms with E-state index in [0.717, 1.165) is 65.2 Å².